The predicted molar refractivity (Wildman–Crippen MR) is 63.6 cm³/mol. The van der Waals surface area contributed by atoms with Crippen LogP contribution in [0, 0.1) is 0 Å². The van der Waals surface area contributed by atoms with Gasteiger partial charge in [0.2, 0.25) is 5.82 Å². The Bertz CT molecular complexity index is 364. The van der Waals surface area contributed by atoms with E-state index in [1.54, 1.807) is 0 Å². The maximum absolute atomic E-state index is 12.3. The van der Waals surface area contributed by atoms with Crippen molar-refractivity contribution in [3.05, 3.63) is 12.2 Å². The Balaban J connectivity index is 2.12. The summed E-state index contributed by atoms with van der Waals surface area (Å²) in [6, 6.07) is 0.625. The maximum atomic E-state index is 12.3. The van der Waals surface area contributed by atoms with Crippen molar-refractivity contribution in [2.75, 3.05) is 13.1 Å². The van der Waals surface area contributed by atoms with Crippen molar-refractivity contribution in [3.63, 3.8) is 0 Å². The molecule has 1 saturated heterocycles. The highest BCUT2D eigenvalue weighted by molar-refractivity contribution is 5.90. The molecule has 2 N–H and O–H groups in total. The molecule has 2 atom stereocenters. The van der Waals surface area contributed by atoms with Crippen LogP contribution in [0.15, 0.2) is 6.33 Å². The molecule has 1 aromatic rings. The van der Waals surface area contributed by atoms with E-state index in [2.05, 4.69) is 34.3 Å². The summed E-state index contributed by atoms with van der Waals surface area (Å²) in [5.41, 5.74) is 0. The summed E-state index contributed by atoms with van der Waals surface area (Å²) in [5, 5.41) is 9.83. The minimum Gasteiger partial charge on any atom is -0.330 e. The van der Waals surface area contributed by atoms with Gasteiger partial charge in [-0.2, -0.15) is 5.10 Å². The van der Waals surface area contributed by atoms with Crippen LogP contribution in [0.5, 0.6) is 0 Å². The number of nitrogens with zero attached hydrogens (tertiary/aromatic N) is 3. The van der Waals surface area contributed by atoms with Crippen LogP contribution in [0.3, 0.4) is 0 Å². The van der Waals surface area contributed by atoms with Crippen molar-refractivity contribution in [1.29, 1.82) is 0 Å². The topological polar surface area (TPSA) is 73.9 Å². The van der Waals surface area contributed by atoms with Gasteiger partial charge in [-0.1, -0.05) is 13.8 Å². The van der Waals surface area contributed by atoms with E-state index in [1.807, 2.05) is 4.90 Å². The summed E-state index contributed by atoms with van der Waals surface area (Å²) < 4.78 is 0. The van der Waals surface area contributed by atoms with Gasteiger partial charge in [-0.3, -0.25) is 9.89 Å². The lowest BCUT2D eigenvalue weighted by Gasteiger charge is -2.39. The number of carbonyl (C=O) groups excluding carboxylic acids is 1. The summed E-state index contributed by atoms with van der Waals surface area (Å²) in [6.45, 7) is 5.82. The molecule has 6 heteroatoms. The Hall–Kier alpha value is -1.43. The van der Waals surface area contributed by atoms with Crippen LogP contribution in [-0.2, 0) is 0 Å². The Morgan fingerprint density at radius 3 is 2.94 bits per heavy atom. The lowest BCUT2D eigenvalue weighted by atomic mass is 10.1. The van der Waals surface area contributed by atoms with Crippen molar-refractivity contribution in [1.82, 2.24) is 25.4 Å². The number of hydrogen-bond donors (Lipinski definition) is 2. The first kappa shape index (κ1) is 12.0. The number of amides is 1. The van der Waals surface area contributed by atoms with Crippen LogP contribution in [0.4, 0.5) is 0 Å². The van der Waals surface area contributed by atoms with E-state index in [0.717, 1.165) is 25.9 Å². The smallest absolute Gasteiger partial charge is 0.291 e. The molecule has 1 aliphatic rings. The number of rotatable bonds is 3. The van der Waals surface area contributed by atoms with Gasteiger partial charge in [-0.05, 0) is 12.8 Å². The lowest BCUT2D eigenvalue weighted by molar-refractivity contribution is 0.0564. The van der Waals surface area contributed by atoms with Gasteiger partial charge in [-0.15, -0.1) is 0 Å². The van der Waals surface area contributed by atoms with E-state index >= 15 is 0 Å². The highest BCUT2D eigenvalue weighted by Gasteiger charge is 2.31. The predicted octanol–water partition coefficient (Wildman–Crippen LogP) is 0.407. The van der Waals surface area contributed by atoms with Crippen molar-refractivity contribution in [2.24, 2.45) is 0 Å². The number of piperazine rings is 1. The van der Waals surface area contributed by atoms with E-state index in [1.165, 1.54) is 6.33 Å². The van der Waals surface area contributed by atoms with Gasteiger partial charge >= 0.3 is 0 Å². The van der Waals surface area contributed by atoms with Crippen molar-refractivity contribution in [3.8, 4) is 0 Å². The molecule has 2 unspecified atom stereocenters. The van der Waals surface area contributed by atoms with Gasteiger partial charge in [0.25, 0.3) is 5.91 Å². The van der Waals surface area contributed by atoms with E-state index in [4.69, 9.17) is 0 Å². The SMILES string of the molecule is CCC1CN(C(=O)c2ncn[nH]2)C(CC)CN1. The standard InChI is InChI=1S/C11H19N5O/c1-3-8-6-16(9(4-2)5-12-8)11(17)10-13-7-14-15-10/h7-9,12H,3-6H2,1-2H3,(H,13,14,15). The monoisotopic (exact) mass is 237 g/mol. The summed E-state index contributed by atoms with van der Waals surface area (Å²) in [6.07, 6.45) is 3.34. The third-order valence-corrected chi connectivity index (χ3v) is 3.34. The molecule has 17 heavy (non-hydrogen) atoms. The van der Waals surface area contributed by atoms with E-state index in [9.17, 15) is 4.79 Å². The average Bonchev–Trinajstić information content (AvgIpc) is 2.91. The number of hydrogen-bond acceptors (Lipinski definition) is 4. The molecule has 0 spiro atoms. The molecule has 1 aliphatic heterocycles. The molecule has 0 radical (unpaired) electrons. The first-order valence-electron chi connectivity index (χ1n) is 6.16. The summed E-state index contributed by atoms with van der Waals surface area (Å²) >= 11 is 0. The third-order valence-electron chi connectivity index (χ3n) is 3.34. The van der Waals surface area contributed by atoms with Gasteiger partial charge in [0.05, 0.1) is 0 Å². The second-order valence-corrected chi connectivity index (χ2v) is 4.37. The lowest BCUT2D eigenvalue weighted by Crippen LogP contribution is -2.58. The van der Waals surface area contributed by atoms with E-state index in [-0.39, 0.29) is 11.9 Å². The van der Waals surface area contributed by atoms with Crippen LogP contribution >= 0.6 is 0 Å². The molecule has 0 aliphatic carbocycles. The first-order chi connectivity index (χ1) is 8.26. The number of aromatic amines is 1. The molecular weight excluding hydrogens is 218 g/mol. The molecule has 94 valence electrons. The molecule has 1 aromatic heterocycles. The van der Waals surface area contributed by atoms with Gasteiger partial charge in [0.15, 0.2) is 0 Å². The minimum absolute atomic E-state index is 0.0469. The molecule has 0 aromatic carbocycles. The van der Waals surface area contributed by atoms with Crippen LogP contribution in [0.1, 0.15) is 37.3 Å². The van der Waals surface area contributed by atoms with Crippen LogP contribution in [0.25, 0.3) is 0 Å². The Kier molecular flexibility index (Phi) is 3.73. The van der Waals surface area contributed by atoms with Gasteiger partial charge in [0, 0.05) is 25.2 Å². The number of carbonyl (C=O) groups is 1. The number of aromatic nitrogens is 3. The molecule has 2 heterocycles. The number of nitrogens with one attached hydrogen (secondary N) is 2. The van der Waals surface area contributed by atoms with Crippen molar-refractivity contribution < 1.29 is 4.79 Å². The molecular formula is C11H19N5O. The zero-order valence-electron chi connectivity index (χ0n) is 10.3. The quantitative estimate of drug-likeness (QED) is 0.798. The highest BCUT2D eigenvalue weighted by atomic mass is 16.2. The zero-order chi connectivity index (χ0) is 12.3. The fourth-order valence-corrected chi connectivity index (χ4v) is 2.20. The third kappa shape index (κ3) is 2.46. The minimum atomic E-state index is -0.0469. The summed E-state index contributed by atoms with van der Waals surface area (Å²) in [7, 11) is 0. The fraction of sp³-hybridized carbons (Fsp3) is 0.727. The maximum Gasteiger partial charge on any atom is 0.291 e. The Labute approximate surface area is 101 Å². The largest absolute Gasteiger partial charge is 0.330 e. The first-order valence-corrected chi connectivity index (χ1v) is 6.16. The van der Waals surface area contributed by atoms with Gasteiger partial charge < -0.3 is 10.2 Å². The fourth-order valence-electron chi connectivity index (χ4n) is 2.20. The Morgan fingerprint density at radius 1 is 1.53 bits per heavy atom. The number of H-pyrrole nitrogens is 1. The highest BCUT2D eigenvalue weighted by Crippen LogP contribution is 2.14. The molecule has 2 rings (SSSR count). The van der Waals surface area contributed by atoms with E-state index in [0.29, 0.717) is 11.9 Å². The average molecular weight is 237 g/mol. The molecule has 0 bridgehead atoms. The second kappa shape index (κ2) is 5.27. The van der Waals surface area contributed by atoms with Crippen LogP contribution in [-0.4, -0.2) is 51.2 Å². The molecule has 1 fully saturated rings. The summed E-state index contributed by atoms with van der Waals surface area (Å²) in [4.78, 5) is 18.1. The normalized spacial score (nSPS) is 24.9. The Morgan fingerprint density at radius 2 is 2.35 bits per heavy atom. The van der Waals surface area contributed by atoms with Crippen molar-refractivity contribution in [2.45, 2.75) is 38.8 Å². The van der Waals surface area contributed by atoms with Crippen molar-refractivity contribution >= 4 is 5.91 Å². The molecule has 6 nitrogen and oxygen atoms in total. The molecule has 0 saturated carbocycles. The summed E-state index contributed by atoms with van der Waals surface area (Å²) in [5.74, 6) is 0.287. The van der Waals surface area contributed by atoms with Crippen LogP contribution < -0.4 is 5.32 Å². The zero-order valence-corrected chi connectivity index (χ0v) is 10.3. The second-order valence-electron chi connectivity index (χ2n) is 4.37. The molecule has 1 amide bonds. The van der Waals surface area contributed by atoms with Crippen LogP contribution in [0.2, 0.25) is 0 Å². The van der Waals surface area contributed by atoms with E-state index < -0.39 is 0 Å². The van der Waals surface area contributed by atoms with Gasteiger partial charge in [-0.25, -0.2) is 4.98 Å². The van der Waals surface area contributed by atoms with Gasteiger partial charge in [0.1, 0.15) is 6.33 Å².